The lowest BCUT2D eigenvalue weighted by Crippen LogP contribution is -2.34. The number of aryl methyl sites for hydroxylation is 1. The minimum Gasteiger partial charge on any atom is -0.493 e. The van der Waals surface area contributed by atoms with E-state index in [2.05, 4.69) is 18.7 Å². The first-order chi connectivity index (χ1) is 17.0. The topological polar surface area (TPSA) is 59.8 Å². The van der Waals surface area contributed by atoms with Crippen molar-refractivity contribution in [1.29, 1.82) is 0 Å². The fourth-order valence-electron chi connectivity index (χ4n) is 4.04. The SMILES string of the molecule is COc1ccccc1Oc1c(CN(C[C@@H](O)c2ccccc2)C(C)C)c(C)nn1-c1ccccc1. The van der Waals surface area contributed by atoms with E-state index in [9.17, 15) is 5.11 Å². The van der Waals surface area contributed by atoms with Crippen LogP contribution in [0.4, 0.5) is 0 Å². The van der Waals surface area contributed by atoms with Crippen LogP contribution in [0, 0.1) is 6.92 Å². The van der Waals surface area contributed by atoms with Gasteiger partial charge >= 0.3 is 0 Å². The summed E-state index contributed by atoms with van der Waals surface area (Å²) >= 11 is 0. The fourth-order valence-corrected chi connectivity index (χ4v) is 4.04. The van der Waals surface area contributed by atoms with Gasteiger partial charge in [0, 0.05) is 19.1 Å². The van der Waals surface area contributed by atoms with Gasteiger partial charge in [0.15, 0.2) is 11.5 Å². The van der Waals surface area contributed by atoms with Crippen LogP contribution in [0.25, 0.3) is 5.69 Å². The molecule has 0 unspecified atom stereocenters. The second kappa shape index (κ2) is 11.2. The Morgan fingerprint density at radius 2 is 1.49 bits per heavy atom. The summed E-state index contributed by atoms with van der Waals surface area (Å²) in [4.78, 5) is 2.24. The van der Waals surface area contributed by atoms with Gasteiger partial charge in [-0.1, -0.05) is 60.7 Å². The van der Waals surface area contributed by atoms with Gasteiger partial charge in [-0.15, -0.1) is 0 Å². The molecular formula is C29H33N3O3. The Labute approximate surface area is 207 Å². The number of methoxy groups -OCH3 is 1. The third kappa shape index (κ3) is 5.73. The average molecular weight is 472 g/mol. The van der Waals surface area contributed by atoms with Gasteiger partial charge in [-0.25, -0.2) is 4.68 Å². The van der Waals surface area contributed by atoms with Crippen LogP contribution in [0.5, 0.6) is 17.4 Å². The first kappa shape index (κ1) is 24.5. The highest BCUT2D eigenvalue weighted by Crippen LogP contribution is 2.36. The van der Waals surface area contributed by atoms with Gasteiger partial charge in [-0.05, 0) is 50.6 Å². The van der Waals surface area contributed by atoms with E-state index in [4.69, 9.17) is 14.6 Å². The number of nitrogens with zero attached hydrogens (tertiary/aromatic N) is 3. The standard InChI is InChI=1S/C29H33N3O3/c1-21(2)31(20-26(33)23-13-7-5-8-14-23)19-25-22(3)30-32(24-15-9-6-10-16-24)29(25)35-28-18-12-11-17-27(28)34-4/h5-18,21,26,33H,19-20H2,1-4H3/t26-/m1/s1. The van der Waals surface area contributed by atoms with Crippen LogP contribution in [-0.4, -0.2) is 39.5 Å². The van der Waals surface area contributed by atoms with E-state index in [0.29, 0.717) is 30.5 Å². The molecular weight excluding hydrogens is 438 g/mol. The van der Waals surface area contributed by atoms with Crippen LogP contribution in [0.2, 0.25) is 0 Å². The normalized spacial score (nSPS) is 12.2. The van der Waals surface area contributed by atoms with Gasteiger partial charge in [0.1, 0.15) is 0 Å². The van der Waals surface area contributed by atoms with Crippen molar-refractivity contribution in [3.8, 4) is 23.1 Å². The Morgan fingerprint density at radius 3 is 2.11 bits per heavy atom. The molecule has 0 fully saturated rings. The number of hydrogen-bond acceptors (Lipinski definition) is 5. The second-order valence-electron chi connectivity index (χ2n) is 8.82. The van der Waals surface area contributed by atoms with E-state index < -0.39 is 6.10 Å². The summed E-state index contributed by atoms with van der Waals surface area (Å²) in [6.45, 7) is 7.33. The highest BCUT2D eigenvalue weighted by atomic mass is 16.5. The van der Waals surface area contributed by atoms with Crippen LogP contribution < -0.4 is 9.47 Å². The van der Waals surface area contributed by atoms with E-state index in [0.717, 1.165) is 22.5 Å². The monoisotopic (exact) mass is 471 g/mol. The largest absolute Gasteiger partial charge is 0.493 e. The Hall–Kier alpha value is -3.61. The van der Waals surface area contributed by atoms with E-state index in [1.165, 1.54) is 0 Å². The quantitative estimate of drug-likeness (QED) is 0.311. The number of para-hydroxylation sites is 3. The lowest BCUT2D eigenvalue weighted by atomic mass is 10.1. The summed E-state index contributed by atoms with van der Waals surface area (Å²) in [7, 11) is 1.63. The Kier molecular flexibility index (Phi) is 7.85. The van der Waals surface area contributed by atoms with Crippen molar-refractivity contribution >= 4 is 0 Å². The average Bonchev–Trinajstić information content (AvgIpc) is 3.19. The number of aliphatic hydroxyl groups is 1. The molecule has 1 atom stereocenters. The second-order valence-corrected chi connectivity index (χ2v) is 8.82. The van der Waals surface area contributed by atoms with Crippen molar-refractivity contribution < 1.29 is 14.6 Å². The summed E-state index contributed by atoms with van der Waals surface area (Å²) in [5, 5.41) is 15.8. The first-order valence-electron chi connectivity index (χ1n) is 11.9. The number of benzene rings is 3. The molecule has 0 spiro atoms. The molecule has 0 saturated carbocycles. The van der Waals surface area contributed by atoms with Crippen LogP contribution >= 0.6 is 0 Å². The molecule has 6 heteroatoms. The number of rotatable bonds is 10. The van der Waals surface area contributed by atoms with E-state index in [1.54, 1.807) is 7.11 Å². The molecule has 35 heavy (non-hydrogen) atoms. The molecule has 0 bridgehead atoms. The number of aromatic nitrogens is 2. The van der Waals surface area contributed by atoms with E-state index in [-0.39, 0.29) is 6.04 Å². The van der Waals surface area contributed by atoms with E-state index >= 15 is 0 Å². The van der Waals surface area contributed by atoms with Gasteiger partial charge in [0.25, 0.3) is 0 Å². The zero-order chi connectivity index (χ0) is 24.8. The lowest BCUT2D eigenvalue weighted by Gasteiger charge is -2.29. The molecule has 4 rings (SSSR count). The number of hydrogen-bond donors (Lipinski definition) is 1. The molecule has 1 N–H and O–H groups in total. The maximum absolute atomic E-state index is 10.9. The molecule has 6 nitrogen and oxygen atoms in total. The third-order valence-corrected chi connectivity index (χ3v) is 6.10. The van der Waals surface area contributed by atoms with Crippen LogP contribution in [0.1, 0.15) is 36.8 Å². The summed E-state index contributed by atoms with van der Waals surface area (Å²) in [5.74, 6) is 1.91. The number of aliphatic hydroxyl groups excluding tert-OH is 1. The van der Waals surface area contributed by atoms with Crippen molar-refractivity contribution in [3.05, 3.63) is 102 Å². The van der Waals surface area contributed by atoms with Crippen LogP contribution in [0.15, 0.2) is 84.9 Å². The summed E-state index contributed by atoms with van der Waals surface area (Å²) in [6, 6.07) is 27.5. The minimum absolute atomic E-state index is 0.201. The molecule has 1 heterocycles. The molecule has 182 valence electrons. The highest BCUT2D eigenvalue weighted by Gasteiger charge is 2.25. The smallest absolute Gasteiger partial charge is 0.227 e. The van der Waals surface area contributed by atoms with Crippen LogP contribution in [0.3, 0.4) is 0 Å². The zero-order valence-corrected chi connectivity index (χ0v) is 20.8. The van der Waals surface area contributed by atoms with E-state index in [1.807, 2.05) is 96.5 Å². The zero-order valence-electron chi connectivity index (χ0n) is 20.8. The molecule has 3 aromatic carbocycles. The first-order valence-corrected chi connectivity index (χ1v) is 11.9. The lowest BCUT2D eigenvalue weighted by molar-refractivity contribution is 0.0902. The molecule has 0 aliphatic rings. The predicted octanol–water partition coefficient (Wildman–Crippen LogP) is 5.93. The van der Waals surface area contributed by atoms with Gasteiger partial charge in [-0.2, -0.15) is 5.10 Å². The summed E-state index contributed by atoms with van der Waals surface area (Å²) < 4.78 is 13.9. The molecule has 0 radical (unpaired) electrons. The van der Waals surface area contributed by atoms with Gasteiger partial charge in [-0.3, -0.25) is 4.90 Å². The minimum atomic E-state index is -0.596. The van der Waals surface area contributed by atoms with Crippen molar-refractivity contribution in [1.82, 2.24) is 14.7 Å². The Balaban J connectivity index is 1.72. The van der Waals surface area contributed by atoms with Gasteiger partial charge in [0.05, 0.1) is 30.2 Å². The highest BCUT2D eigenvalue weighted by molar-refractivity contribution is 5.47. The van der Waals surface area contributed by atoms with Crippen molar-refractivity contribution in [3.63, 3.8) is 0 Å². The van der Waals surface area contributed by atoms with Crippen molar-refractivity contribution in [2.45, 2.75) is 39.5 Å². The van der Waals surface area contributed by atoms with Gasteiger partial charge in [0.2, 0.25) is 5.88 Å². The maximum Gasteiger partial charge on any atom is 0.227 e. The summed E-state index contributed by atoms with van der Waals surface area (Å²) in [6.07, 6.45) is -0.596. The van der Waals surface area contributed by atoms with Gasteiger partial charge < -0.3 is 14.6 Å². The van der Waals surface area contributed by atoms with Crippen molar-refractivity contribution in [2.75, 3.05) is 13.7 Å². The Morgan fingerprint density at radius 1 is 0.886 bits per heavy atom. The number of ether oxygens (including phenoxy) is 2. The molecule has 0 saturated heterocycles. The molecule has 1 aromatic heterocycles. The molecule has 0 aliphatic heterocycles. The predicted molar refractivity (Wildman–Crippen MR) is 138 cm³/mol. The summed E-state index contributed by atoms with van der Waals surface area (Å²) in [5.41, 5.74) is 3.65. The third-order valence-electron chi connectivity index (χ3n) is 6.10. The Bertz CT molecular complexity index is 1220. The fraction of sp³-hybridized carbons (Fsp3) is 0.276. The molecule has 0 amide bonds. The van der Waals surface area contributed by atoms with Crippen molar-refractivity contribution in [2.24, 2.45) is 0 Å². The molecule has 0 aliphatic carbocycles. The molecule has 4 aromatic rings. The van der Waals surface area contributed by atoms with Crippen LogP contribution in [-0.2, 0) is 6.54 Å². The maximum atomic E-state index is 10.9.